The molecule has 0 bridgehead atoms. The number of hydrogen-bond acceptors (Lipinski definition) is 7. The van der Waals surface area contributed by atoms with Crippen LogP contribution in [0.4, 0.5) is 0 Å². The van der Waals surface area contributed by atoms with Gasteiger partial charge in [0.05, 0.1) is 23.8 Å². The van der Waals surface area contributed by atoms with Gasteiger partial charge in [-0.05, 0) is 98.5 Å². The van der Waals surface area contributed by atoms with E-state index >= 15 is 0 Å². The lowest BCUT2D eigenvalue weighted by Gasteiger charge is -2.13. The van der Waals surface area contributed by atoms with E-state index in [0.717, 1.165) is 43.4 Å². The van der Waals surface area contributed by atoms with Gasteiger partial charge in [-0.3, -0.25) is 0 Å². The zero-order chi connectivity index (χ0) is 34.4. The summed E-state index contributed by atoms with van der Waals surface area (Å²) in [6, 6.07) is 19.9. The summed E-state index contributed by atoms with van der Waals surface area (Å²) in [5.74, 6) is -0.102. The summed E-state index contributed by atoms with van der Waals surface area (Å²) in [6.07, 6.45) is 18.3. The van der Waals surface area contributed by atoms with E-state index in [1.807, 2.05) is 31.2 Å². The summed E-state index contributed by atoms with van der Waals surface area (Å²) in [6.45, 7) is 7.01. The fraction of sp³-hybridized carbons (Fsp3) is 0.439. The molecule has 0 N–H and O–H groups in total. The van der Waals surface area contributed by atoms with Gasteiger partial charge in [-0.2, -0.15) is 0 Å². The maximum Gasteiger partial charge on any atom is 0.343 e. The van der Waals surface area contributed by atoms with Gasteiger partial charge in [0.1, 0.15) is 17.2 Å². The van der Waals surface area contributed by atoms with E-state index in [9.17, 15) is 14.4 Å². The molecular formula is C41H52O7. The molecule has 0 aliphatic carbocycles. The van der Waals surface area contributed by atoms with E-state index in [2.05, 4.69) is 13.8 Å². The second-order valence-electron chi connectivity index (χ2n) is 12.2. The van der Waals surface area contributed by atoms with Gasteiger partial charge in [0.15, 0.2) is 0 Å². The van der Waals surface area contributed by atoms with Gasteiger partial charge in [0, 0.05) is 6.08 Å². The molecule has 0 amide bonds. The van der Waals surface area contributed by atoms with Crippen molar-refractivity contribution in [3.05, 3.63) is 95.6 Å². The predicted octanol–water partition coefficient (Wildman–Crippen LogP) is 10.6. The summed E-state index contributed by atoms with van der Waals surface area (Å²) in [7, 11) is 0. The second-order valence-corrected chi connectivity index (χ2v) is 12.2. The van der Waals surface area contributed by atoms with Gasteiger partial charge >= 0.3 is 17.9 Å². The first-order chi connectivity index (χ1) is 23.4. The molecule has 0 aliphatic heterocycles. The lowest BCUT2D eigenvalue weighted by molar-refractivity contribution is -0.128. The Bertz CT molecular complexity index is 1390. The fourth-order valence-corrected chi connectivity index (χ4v) is 5.07. The van der Waals surface area contributed by atoms with Crippen LogP contribution >= 0.6 is 0 Å². The van der Waals surface area contributed by atoms with Crippen LogP contribution in [-0.4, -0.2) is 30.6 Å². The number of carbonyl (C=O) groups is 3. The number of hydrogen-bond donors (Lipinski definition) is 0. The molecule has 0 unspecified atom stereocenters. The Morgan fingerprint density at radius 2 is 1.08 bits per heavy atom. The first-order valence-corrected chi connectivity index (χ1v) is 17.6. The van der Waals surface area contributed by atoms with Crippen LogP contribution in [0.5, 0.6) is 17.2 Å². The molecule has 48 heavy (non-hydrogen) atoms. The maximum absolute atomic E-state index is 12.6. The van der Waals surface area contributed by atoms with Crippen LogP contribution in [0, 0.1) is 0 Å². The third-order valence-corrected chi connectivity index (χ3v) is 7.94. The van der Waals surface area contributed by atoms with Crippen molar-refractivity contribution in [3.8, 4) is 17.2 Å². The topological polar surface area (TPSA) is 88.1 Å². The standard InChI is InChI=1S/C41H52O7/c1-4-6-8-10-11-12-13-15-31-45-36-24-17-33(18-25-36)19-30-39(42)47-37-26-20-35(21-27-37)41(44)48-38-28-22-34(23-29-38)40(43)46-32(3)16-14-9-7-5-2/h17-30,32H,4-16,31H2,1-3H3/b30-19+/t32-/m0/s1. The molecular weight excluding hydrogens is 604 g/mol. The van der Waals surface area contributed by atoms with Crippen molar-refractivity contribution in [2.24, 2.45) is 0 Å². The number of carbonyl (C=O) groups excluding carboxylic acids is 3. The van der Waals surface area contributed by atoms with Gasteiger partial charge in [0.25, 0.3) is 0 Å². The highest BCUT2D eigenvalue weighted by atomic mass is 16.5. The molecule has 258 valence electrons. The van der Waals surface area contributed by atoms with Crippen LogP contribution in [0.15, 0.2) is 78.9 Å². The van der Waals surface area contributed by atoms with Crippen LogP contribution in [0.3, 0.4) is 0 Å². The summed E-state index contributed by atoms with van der Waals surface area (Å²) in [4.78, 5) is 37.4. The van der Waals surface area contributed by atoms with Crippen LogP contribution in [0.1, 0.15) is 131 Å². The number of rotatable bonds is 22. The van der Waals surface area contributed by atoms with Crippen molar-refractivity contribution < 1.29 is 33.3 Å². The highest BCUT2D eigenvalue weighted by molar-refractivity contribution is 5.92. The van der Waals surface area contributed by atoms with Crippen LogP contribution in [0.2, 0.25) is 0 Å². The molecule has 0 saturated carbocycles. The average molecular weight is 657 g/mol. The summed E-state index contributed by atoms with van der Waals surface area (Å²) < 4.78 is 22.2. The quantitative estimate of drug-likeness (QED) is 0.0460. The smallest absolute Gasteiger partial charge is 0.343 e. The van der Waals surface area contributed by atoms with Crippen LogP contribution in [-0.2, 0) is 9.53 Å². The molecule has 0 aliphatic rings. The van der Waals surface area contributed by atoms with Crippen molar-refractivity contribution in [1.82, 2.24) is 0 Å². The number of unbranched alkanes of at least 4 members (excludes halogenated alkanes) is 10. The normalized spacial score (nSPS) is 11.6. The zero-order valence-electron chi connectivity index (χ0n) is 28.9. The lowest BCUT2D eigenvalue weighted by Crippen LogP contribution is -2.15. The Balaban J connectivity index is 1.36. The number of ether oxygens (including phenoxy) is 4. The largest absolute Gasteiger partial charge is 0.494 e. The average Bonchev–Trinajstić information content (AvgIpc) is 3.09. The Morgan fingerprint density at radius 1 is 0.583 bits per heavy atom. The Morgan fingerprint density at radius 3 is 1.69 bits per heavy atom. The Labute approximate surface area is 286 Å². The van der Waals surface area contributed by atoms with E-state index in [0.29, 0.717) is 23.7 Å². The summed E-state index contributed by atoms with van der Waals surface area (Å²) >= 11 is 0. The SMILES string of the molecule is CCCCCCCCCCOc1ccc(/C=C/C(=O)Oc2ccc(C(=O)Oc3ccc(C(=O)O[C@@H](C)CCCCCC)cc3)cc2)cc1. The van der Waals surface area contributed by atoms with E-state index in [1.165, 1.54) is 81.7 Å². The van der Waals surface area contributed by atoms with Crippen molar-refractivity contribution in [3.63, 3.8) is 0 Å². The summed E-state index contributed by atoms with van der Waals surface area (Å²) in [5.41, 5.74) is 1.53. The van der Waals surface area contributed by atoms with Crippen LogP contribution in [0.25, 0.3) is 6.08 Å². The van der Waals surface area contributed by atoms with Gasteiger partial charge in [0.2, 0.25) is 0 Å². The molecule has 0 fully saturated rings. The van der Waals surface area contributed by atoms with Crippen molar-refractivity contribution in [1.29, 1.82) is 0 Å². The molecule has 0 heterocycles. The van der Waals surface area contributed by atoms with Crippen molar-refractivity contribution >= 4 is 24.0 Å². The fourth-order valence-electron chi connectivity index (χ4n) is 5.07. The molecule has 7 nitrogen and oxygen atoms in total. The molecule has 0 radical (unpaired) electrons. The molecule has 3 aromatic rings. The minimum absolute atomic E-state index is 0.156. The molecule has 1 atom stereocenters. The monoisotopic (exact) mass is 656 g/mol. The predicted molar refractivity (Wildman–Crippen MR) is 191 cm³/mol. The second kappa shape index (κ2) is 22.2. The molecule has 3 aromatic carbocycles. The van der Waals surface area contributed by atoms with Gasteiger partial charge in [-0.1, -0.05) is 90.2 Å². The van der Waals surface area contributed by atoms with E-state index < -0.39 is 17.9 Å². The number of esters is 3. The third-order valence-electron chi connectivity index (χ3n) is 7.94. The minimum atomic E-state index is -0.575. The summed E-state index contributed by atoms with van der Waals surface area (Å²) in [5, 5.41) is 0. The Hall–Kier alpha value is -4.39. The van der Waals surface area contributed by atoms with E-state index in [1.54, 1.807) is 30.3 Å². The van der Waals surface area contributed by atoms with Gasteiger partial charge in [-0.15, -0.1) is 0 Å². The van der Waals surface area contributed by atoms with Gasteiger partial charge < -0.3 is 18.9 Å². The zero-order valence-corrected chi connectivity index (χ0v) is 28.9. The first-order valence-electron chi connectivity index (χ1n) is 17.6. The minimum Gasteiger partial charge on any atom is -0.494 e. The molecule has 0 aromatic heterocycles. The highest BCUT2D eigenvalue weighted by Crippen LogP contribution is 2.19. The number of benzene rings is 3. The molecule has 7 heteroatoms. The third kappa shape index (κ3) is 15.0. The molecule has 0 saturated heterocycles. The Kier molecular flexibility index (Phi) is 17.6. The van der Waals surface area contributed by atoms with E-state index in [-0.39, 0.29) is 11.7 Å². The first kappa shape index (κ1) is 38.1. The van der Waals surface area contributed by atoms with Crippen LogP contribution < -0.4 is 14.2 Å². The van der Waals surface area contributed by atoms with Crippen molar-refractivity contribution in [2.45, 2.75) is 110 Å². The van der Waals surface area contributed by atoms with Gasteiger partial charge in [-0.25, -0.2) is 14.4 Å². The lowest BCUT2D eigenvalue weighted by atomic mass is 10.1. The maximum atomic E-state index is 12.6. The molecule has 0 spiro atoms. The molecule has 3 rings (SSSR count). The van der Waals surface area contributed by atoms with Crippen molar-refractivity contribution in [2.75, 3.05) is 6.61 Å². The highest BCUT2D eigenvalue weighted by Gasteiger charge is 2.14. The van der Waals surface area contributed by atoms with E-state index in [4.69, 9.17) is 18.9 Å².